The SMILES string of the molecule is Cc1ccc(CNc2nsnc2Nc2ccc(C(F)(F)F)c(S(=O)(=O)N(C)C)c2O)o1. The Kier molecular flexibility index (Phi) is 6.16. The monoisotopic (exact) mass is 477 g/mol. The number of hydrogen-bond acceptors (Lipinski definition) is 9. The number of furan rings is 1. The van der Waals surface area contributed by atoms with Gasteiger partial charge >= 0.3 is 6.18 Å². The van der Waals surface area contributed by atoms with Gasteiger partial charge in [-0.1, -0.05) is 0 Å². The second-order valence-electron chi connectivity index (χ2n) is 6.58. The molecule has 0 atom stereocenters. The number of nitrogens with zero attached hydrogens (tertiary/aromatic N) is 3. The molecular formula is C17H18F3N5O4S2. The average molecular weight is 477 g/mol. The Morgan fingerprint density at radius 1 is 1.16 bits per heavy atom. The molecule has 2 aromatic heterocycles. The van der Waals surface area contributed by atoms with E-state index in [4.69, 9.17) is 4.42 Å². The summed E-state index contributed by atoms with van der Waals surface area (Å²) in [5, 5.41) is 16.1. The Hall–Kier alpha value is -2.84. The number of benzene rings is 1. The van der Waals surface area contributed by atoms with Crippen LogP contribution in [-0.2, 0) is 22.7 Å². The summed E-state index contributed by atoms with van der Waals surface area (Å²) < 4.78 is 79.3. The van der Waals surface area contributed by atoms with Gasteiger partial charge in [0.1, 0.15) is 16.4 Å². The molecule has 0 saturated heterocycles. The number of phenolic OH excluding ortho intramolecular Hbond substituents is 1. The first-order valence-electron chi connectivity index (χ1n) is 8.65. The molecule has 3 N–H and O–H groups in total. The van der Waals surface area contributed by atoms with Crippen LogP contribution in [0.1, 0.15) is 17.1 Å². The number of hydrogen-bond donors (Lipinski definition) is 3. The van der Waals surface area contributed by atoms with Crippen molar-refractivity contribution < 1.29 is 31.1 Å². The number of sulfonamides is 1. The van der Waals surface area contributed by atoms with Gasteiger partial charge in [0.2, 0.25) is 10.0 Å². The molecule has 168 valence electrons. The van der Waals surface area contributed by atoms with Gasteiger partial charge in [0, 0.05) is 14.1 Å². The molecule has 31 heavy (non-hydrogen) atoms. The van der Waals surface area contributed by atoms with Crippen molar-refractivity contribution in [1.29, 1.82) is 0 Å². The first-order chi connectivity index (χ1) is 14.4. The van der Waals surface area contributed by atoms with Crippen LogP contribution >= 0.6 is 11.7 Å². The van der Waals surface area contributed by atoms with E-state index in [1.54, 1.807) is 19.1 Å². The summed E-state index contributed by atoms with van der Waals surface area (Å²) in [5.74, 6) is 0.597. The maximum atomic E-state index is 13.4. The third-order valence-electron chi connectivity index (χ3n) is 4.14. The molecule has 0 aliphatic carbocycles. The van der Waals surface area contributed by atoms with Gasteiger partial charge in [-0.25, -0.2) is 12.7 Å². The fourth-order valence-electron chi connectivity index (χ4n) is 2.60. The normalized spacial score (nSPS) is 12.4. The van der Waals surface area contributed by atoms with Crippen molar-refractivity contribution in [1.82, 2.24) is 13.1 Å². The van der Waals surface area contributed by atoms with Crippen molar-refractivity contribution in [3.63, 3.8) is 0 Å². The number of nitrogens with one attached hydrogen (secondary N) is 2. The zero-order valence-electron chi connectivity index (χ0n) is 16.5. The Labute approximate surface area is 179 Å². The highest BCUT2D eigenvalue weighted by molar-refractivity contribution is 7.89. The molecule has 0 fully saturated rings. The van der Waals surface area contributed by atoms with Gasteiger partial charge in [-0.3, -0.25) is 0 Å². The fourth-order valence-corrected chi connectivity index (χ4v) is 4.27. The molecular weight excluding hydrogens is 459 g/mol. The molecule has 3 aromatic rings. The standard InChI is InChI=1S/C17H18F3N5O4S2/c1-9-4-5-10(29-9)8-21-15-16(24-30-23-15)22-12-7-6-11(17(18,19)20)14(13(12)26)31(27,28)25(2)3/h4-7,26H,8H2,1-3H3,(H,21,23)(H,22,24). The lowest BCUT2D eigenvalue weighted by atomic mass is 10.1. The minimum atomic E-state index is -5.00. The molecule has 0 bridgehead atoms. The van der Waals surface area contributed by atoms with Gasteiger partial charge in [0.05, 0.1) is 29.5 Å². The van der Waals surface area contributed by atoms with Crippen molar-refractivity contribution in [2.75, 3.05) is 24.7 Å². The largest absolute Gasteiger partial charge is 0.504 e. The molecule has 0 radical (unpaired) electrons. The van der Waals surface area contributed by atoms with Crippen LogP contribution in [0.5, 0.6) is 5.75 Å². The van der Waals surface area contributed by atoms with Gasteiger partial charge in [-0.15, -0.1) is 0 Å². The van der Waals surface area contributed by atoms with Gasteiger partial charge in [0.15, 0.2) is 17.4 Å². The van der Waals surface area contributed by atoms with E-state index in [0.717, 1.165) is 37.7 Å². The Morgan fingerprint density at radius 2 is 1.84 bits per heavy atom. The first kappa shape index (κ1) is 22.8. The van der Waals surface area contributed by atoms with E-state index in [2.05, 4.69) is 19.4 Å². The maximum Gasteiger partial charge on any atom is 0.417 e. The topological polar surface area (TPSA) is 121 Å². The summed E-state index contributed by atoms with van der Waals surface area (Å²) in [5.41, 5.74) is -1.76. The smallest absolute Gasteiger partial charge is 0.417 e. The Morgan fingerprint density at radius 3 is 2.42 bits per heavy atom. The van der Waals surface area contributed by atoms with Crippen molar-refractivity contribution in [2.45, 2.75) is 24.5 Å². The van der Waals surface area contributed by atoms with E-state index in [-0.39, 0.29) is 23.9 Å². The molecule has 3 rings (SSSR count). The minimum Gasteiger partial charge on any atom is -0.504 e. The van der Waals surface area contributed by atoms with Crippen molar-refractivity contribution in [3.8, 4) is 5.75 Å². The summed E-state index contributed by atoms with van der Waals surface area (Å²) in [4.78, 5) is -1.25. The van der Waals surface area contributed by atoms with Crippen molar-refractivity contribution in [2.24, 2.45) is 0 Å². The van der Waals surface area contributed by atoms with E-state index < -0.39 is 32.4 Å². The number of aromatic nitrogens is 2. The summed E-state index contributed by atoms with van der Waals surface area (Å²) >= 11 is 0.810. The van der Waals surface area contributed by atoms with Crippen LogP contribution in [0, 0.1) is 6.92 Å². The van der Waals surface area contributed by atoms with Crippen LogP contribution in [0.3, 0.4) is 0 Å². The van der Waals surface area contributed by atoms with Crippen LogP contribution < -0.4 is 10.6 Å². The number of anilines is 3. The predicted octanol–water partition coefficient (Wildman–Crippen LogP) is 3.77. The summed E-state index contributed by atoms with van der Waals surface area (Å²) in [6.45, 7) is 2.04. The number of halogens is 3. The first-order valence-corrected chi connectivity index (χ1v) is 10.8. The van der Waals surface area contributed by atoms with Gasteiger partial charge in [-0.05, 0) is 31.2 Å². The Bertz CT molecular complexity index is 1190. The highest BCUT2D eigenvalue weighted by atomic mass is 32.2. The molecule has 0 unspecified atom stereocenters. The number of aromatic hydroxyl groups is 1. The maximum absolute atomic E-state index is 13.4. The molecule has 2 heterocycles. The van der Waals surface area contributed by atoms with Crippen LogP contribution in [0.15, 0.2) is 33.6 Å². The molecule has 0 spiro atoms. The molecule has 0 amide bonds. The number of aryl methyl sites for hydroxylation is 1. The third-order valence-corrected chi connectivity index (χ3v) is 6.56. The fraction of sp³-hybridized carbons (Fsp3) is 0.294. The van der Waals surface area contributed by atoms with E-state index in [9.17, 15) is 26.7 Å². The molecule has 14 heteroatoms. The molecule has 0 saturated carbocycles. The van der Waals surface area contributed by atoms with Crippen LogP contribution in [-0.4, -0.2) is 40.7 Å². The second kappa shape index (κ2) is 8.36. The number of phenols is 1. The predicted molar refractivity (Wildman–Crippen MR) is 108 cm³/mol. The van der Waals surface area contributed by atoms with Crippen LogP contribution in [0.25, 0.3) is 0 Å². The van der Waals surface area contributed by atoms with E-state index in [1.807, 2.05) is 0 Å². The summed E-state index contributed by atoms with van der Waals surface area (Å²) in [6, 6.07) is 5.04. The highest BCUT2D eigenvalue weighted by Crippen LogP contribution is 2.43. The molecule has 0 aliphatic heterocycles. The zero-order chi connectivity index (χ0) is 23.0. The van der Waals surface area contributed by atoms with Gasteiger partial charge in [0.25, 0.3) is 0 Å². The van der Waals surface area contributed by atoms with Crippen molar-refractivity contribution in [3.05, 3.63) is 41.3 Å². The molecule has 9 nitrogen and oxygen atoms in total. The van der Waals surface area contributed by atoms with E-state index >= 15 is 0 Å². The second-order valence-corrected chi connectivity index (χ2v) is 9.19. The molecule has 0 aliphatic rings. The van der Waals surface area contributed by atoms with Crippen LogP contribution in [0.2, 0.25) is 0 Å². The van der Waals surface area contributed by atoms with Crippen molar-refractivity contribution >= 4 is 39.1 Å². The summed E-state index contributed by atoms with van der Waals surface area (Å²) in [7, 11) is -2.48. The van der Waals surface area contributed by atoms with Gasteiger partial charge in [-0.2, -0.15) is 21.9 Å². The minimum absolute atomic E-state index is 0.0940. The van der Waals surface area contributed by atoms with Crippen LogP contribution in [0.4, 0.5) is 30.5 Å². The average Bonchev–Trinajstić information content (AvgIpc) is 3.28. The third kappa shape index (κ3) is 4.75. The highest BCUT2D eigenvalue weighted by Gasteiger charge is 2.40. The van der Waals surface area contributed by atoms with E-state index in [1.165, 1.54) is 0 Å². The molecule has 1 aromatic carbocycles. The van der Waals surface area contributed by atoms with Gasteiger partial charge < -0.3 is 20.2 Å². The van der Waals surface area contributed by atoms with E-state index in [0.29, 0.717) is 16.1 Å². The quantitative estimate of drug-likeness (QED) is 0.440. The Balaban J connectivity index is 1.96. The number of rotatable bonds is 7. The summed E-state index contributed by atoms with van der Waals surface area (Å²) in [6.07, 6.45) is -5.00. The number of alkyl halides is 3. The lowest BCUT2D eigenvalue weighted by molar-refractivity contribution is -0.140. The zero-order valence-corrected chi connectivity index (χ0v) is 18.1. The lowest BCUT2D eigenvalue weighted by Crippen LogP contribution is -2.25. The lowest BCUT2D eigenvalue weighted by Gasteiger charge is -2.20.